The Morgan fingerprint density at radius 2 is 1.60 bits per heavy atom. The molecule has 1 atom stereocenters. The first-order valence-corrected chi connectivity index (χ1v) is 12.2. The molecule has 0 bridgehead atoms. The molecule has 2 aromatic carbocycles. The summed E-state index contributed by atoms with van der Waals surface area (Å²) in [6, 6.07) is 15.4. The molecule has 0 radical (unpaired) electrons. The van der Waals surface area contributed by atoms with Crippen LogP contribution < -0.4 is 5.32 Å². The maximum absolute atomic E-state index is 14.8. The van der Waals surface area contributed by atoms with Crippen molar-refractivity contribution in [3.63, 3.8) is 0 Å². The number of carbonyl (C=O) groups excluding carboxylic acids is 2. The van der Waals surface area contributed by atoms with Crippen LogP contribution in [-0.2, 0) is 16.1 Å². The summed E-state index contributed by atoms with van der Waals surface area (Å²) in [4.78, 5) is 32.4. The average molecular weight is 481 g/mol. The van der Waals surface area contributed by atoms with Crippen LogP contribution in [0.2, 0.25) is 0 Å². The topological polar surface area (TPSA) is 65.1 Å². The van der Waals surface area contributed by atoms with Crippen LogP contribution in [0.15, 0.2) is 65.9 Å². The van der Waals surface area contributed by atoms with Crippen molar-refractivity contribution in [2.45, 2.75) is 26.4 Å². The molecule has 7 nitrogen and oxygen atoms in total. The van der Waals surface area contributed by atoms with Crippen molar-refractivity contribution in [3.05, 3.63) is 82.8 Å². The summed E-state index contributed by atoms with van der Waals surface area (Å²) in [6.07, 6.45) is 0. The number of urea groups is 1. The Kier molecular flexibility index (Phi) is 8.15. The predicted octanol–water partition coefficient (Wildman–Crippen LogP) is 3.55. The van der Waals surface area contributed by atoms with E-state index < -0.39 is 17.8 Å². The summed E-state index contributed by atoms with van der Waals surface area (Å²) in [5, 5.41) is 2.83. The number of hydrogen-bond donors (Lipinski definition) is 1. The van der Waals surface area contributed by atoms with Crippen molar-refractivity contribution >= 4 is 12.0 Å². The van der Waals surface area contributed by atoms with E-state index in [0.717, 1.165) is 32.7 Å². The number of hydrogen-bond acceptors (Lipinski definition) is 5. The van der Waals surface area contributed by atoms with Crippen LogP contribution in [0.1, 0.15) is 31.0 Å². The van der Waals surface area contributed by atoms with E-state index in [9.17, 15) is 14.0 Å². The largest absolute Gasteiger partial charge is 0.463 e. The van der Waals surface area contributed by atoms with E-state index in [1.54, 1.807) is 30.0 Å². The van der Waals surface area contributed by atoms with E-state index in [2.05, 4.69) is 39.4 Å². The number of halogens is 1. The highest BCUT2D eigenvalue weighted by atomic mass is 19.1. The van der Waals surface area contributed by atoms with Gasteiger partial charge in [-0.25, -0.2) is 14.0 Å². The molecule has 0 aromatic heterocycles. The fraction of sp³-hybridized carbons (Fsp3) is 0.407. The molecule has 2 amide bonds. The Morgan fingerprint density at radius 1 is 0.971 bits per heavy atom. The van der Waals surface area contributed by atoms with Gasteiger partial charge < -0.3 is 10.1 Å². The van der Waals surface area contributed by atoms with Crippen LogP contribution in [-0.4, -0.2) is 72.6 Å². The molecular weight excluding hydrogens is 447 g/mol. The van der Waals surface area contributed by atoms with Gasteiger partial charge in [0, 0.05) is 57.1 Å². The first kappa shape index (κ1) is 24.9. The Bertz CT molecular complexity index is 1070. The Balaban J connectivity index is 1.59. The number of piperazine rings is 1. The molecule has 2 aliphatic rings. The Morgan fingerprint density at radius 3 is 2.23 bits per heavy atom. The van der Waals surface area contributed by atoms with Gasteiger partial charge in [0.2, 0.25) is 0 Å². The molecular formula is C27H33FN4O3. The lowest BCUT2D eigenvalue weighted by Crippen LogP contribution is -2.53. The third-order valence-electron chi connectivity index (χ3n) is 6.55. The summed E-state index contributed by atoms with van der Waals surface area (Å²) in [6.45, 7) is 8.86. The highest BCUT2D eigenvalue weighted by molar-refractivity contribution is 5.95. The molecule has 2 aromatic rings. The Labute approximate surface area is 206 Å². The first-order chi connectivity index (χ1) is 17.0. The van der Waals surface area contributed by atoms with Crippen LogP contribution >= 0.6 is 0 Å². The number of ether oxygens (including phenoxy) is 1. The zero-order valence-corrected chi connectivity index (χ0v) is 20.4. The maximum atomic E-state index is 14.8. The van der Waals surface area contributed by atoms with Crippen molar-refractivity contribution in [2.24, 2.45) is 0 Å². The Hall–Kier alpha value is -3.23. The average Bonchev–Trinajstić information content (AvgIpc) is 2.86. The van der Waals surface area contributed by atoms with Crippen LogP contribution in [0, 0.1) is 5.82 Å². The van der Waals surface area contributed by atoms with Crippen LogP contribution in [0.5, 0.6) is 0 Å². The highest BCUT2D eigenvalue weighted by Crippen LogP contribution is 2.33. The van der Waals surface area contributed by atoms with Gasteiger partial charge in [0.05, 0.1) is 18.2 Å². The van der Waals surface area contributed by atoms with Crippen molar-refractivity contribution in [3.8, 4) is 0 Å². The molecule has 35 heavy (non-hydrogen) atoms. The zero-order chi connectivity index (χ0) is 24.8. The lowest BCUT2D eigenvalue weighted by Gasteiger charge is -2.40. The maximum Gasteiger partial charge on any atom is 0.338 e. The van der Waals surface area contributed by atoms with Gasteiger partial charge in [0.15, 0.2) is 0 Å². The quantitative estimate of drug-likeness (QED) is 0.586. The number of benzene rings is 2. The molecule has 0 spiro atoms. The minimum Gasteiger partial charge on any atom is -0.463 e. The normalized spacial score (nSPS) is 19.6. The molecule has 0 aliphatic carbocycles. The van der Waals surface area contributed by atoms with E-state index in [1.165, 1.54) is 11.6 Å². The number of carbonyl (C=O) groups is 2. The van der Waals surface area contributed by atoms with Crippen molar-refractivity contribution in [2.75, 3.05) is 45.9 Å². The van der Waals surface area contributed by atoms with Gasteiger partial charge in [0.25, 0.3) is 0 Å². The number of amides is 2. The smallest absolute Gasteiger partial charge is 0.338 e. The van der Waals surface area contributed by atoms with E-state index in [4.69, 9.17) is 4.74 Å². The molecule has 2 aliphatic heterocycles. The van der Waals surface area contributed by atoms with Crippen molar-refractivity contribution in [1.29, 1.82) is 0 Å². The lowest BCUT2D eigenvalue weighted by atomic mass is 9.93. The highest BCUT2D eigenvalue weighted by Gasteiger charge is 2.39. The second-order valence-electron chi connectivity index (χ2n) is 8.77. The van der Waals surface area contributed by atoms with Gasteiger partial charge in [-0.2, -0.15) is 0 Å². The van der Waals surface area contributed by atoms with Gasteiger partial charge in [-0.15, -0.1) is 0 Å². The van der Waals surface area contributed by atoms with Crippen LogP contribution in [0.25, 0.3) is 0 Å². The summed E-state index contributed by atoms with van der Waals surface area (Å²) in [5.74, 6) is -1.00. The molecule has 1 unspecified atom stereocenters. The number of nitrogens with zero attached hydrogens (tertiary/aromatic N) is 3. The molecule has 2 heterocycles. The lowest BCUT2D eigenvalue weighted by molar-refractivity contribution is -0.139. The number of nitrogens with one attached hydrogen (secondary N) is 1. The monoisotopic (exact) mass is 480 g/mol. The molecule has 186 valence electrons. The van der Waals surface area contributed by atoms with Gasteiger partial charge in [-0.3, -0.25) is 14.7 Å². The SMILES string of the molecule is CCOC(=O)C1=C(CN2CCN(Cc3ccccc3)CC2)N(CC)C(=O)NC1c1ccccc1F. The van der Waals surface area contributed by atoms with Crippen molar-refractivity contribution in [1.82, 2.24) is 20.0 Å². The minimum atomic E-state index is -0.903. The molecule has 1 saturated heterocycles. The summed E-state index contributed by atoms with van der Waals surface area (Å²) >= 11 is 0. The molecule has 1 N–H and O–H groups in total. The second-order valence-corrected chi connectivity index (χ2v) is 8.77. The zero-order valence-electron chi connectivity index (χ0n) is 20.4. The third kappa shape index (κ3) is 5.71. The van der Waals surface area contributed by atoms with Gasteiger partial charge in [-0.1, -0.05) is 48.5 Å². The van der Waals surface area contributed by atoms with Crippen molar-refractivity contribution < 1.29 is 18.7 Å². The summed E-state index contributed by atoms with van der Waals surface area (Å²) in [7, 11) is 0. The standard InChI is InChI=1S/C27H33FN4O3/c1-3-32-23(19-31-16-14-30(15-17-31)18-20-10-6-5-7-11-20)24(26(33)35-4-2)25(29-27(32)34)21-12-8-9-13-22(21)28/h5-13,25H,3-4,14-19H2,1-2H3,(H,29,34). The van der Waals surface area contributed by atoms with E-state index in [-0.39, 0.29) is 18.2 Å². The first-order valence-electron chi connectivity index (χ1n) is 12.2. The van der Waals surface area contributed by atoms with Gasteiger partial charge in [-0.05, 0) is 25.5 Å². The molecule has 0 saturated carbocycles. The van der Waals surface area contributed by atoms with Gasteiger partial charge in [0.1, 0.15) is 5.82 Å². The molecule has 4 rings (SSSR count). The van der Waals surface area contributed by atoms with E-state index in [0.29, 0.717) is 24.4 Å². The number of rotatable bonds is 8. The fourth-order valence-corrected chi connectivity index (χ4v) is 4.76. The predicted molar refractivity (Wildman–Crippen MR) is 132 cm³/mol. The number of likely N-dealkylation sites (N-methyl/N-ethyl adjacent to an activating group) is 1. The molecule has 8 heteroatoms. The number of esters is 1. The van der Waals surface area contributed by atoms with E-state index in [1.807, 2.05) is 13.0 Å². The van der Waals surface area contributed by atoms with Gasteiger partial charge >= 0.3 is 12.0 Å². The summed E-state index contributed by atoms with van der Waals surface area (Å²) in [5.41, 5.74) is 2.41. The summed E-state index contributed by atoms with van der Waals surface area (Å²) < 4.78 is 20.1. The minimum absolute atomic E-state index is 0.192. The molecule has 1 fully saturated rings. The fourth-order valence-electron chi connectivity index (χ4n) is 4.76. The van der Waals surface area contributed by atoms with E-state index >= 15 is 0 Å². The third-order valence-corrected chi connectivity index (χ3v) is 6.55. The second kappa shape index (κ2) is 11.5. The van der Waals surface area contributed by atoms with Crippen LogP contribution in [0.4, 0.5) is 9.18 Å². The van der Waals surface area contributed by atoms with Crippen LogP contribution in [0.3, 0.4) is 0 Å².